The van der Waals surface area contributed by atoms with Crippen LogP contribution >= 0.6 is 0 Å². The highest BCUT2D eigenvalue weighted by Gasteiger charge is 2.18. The topological polar surface area (TPSA) is 39.5 Å². The van der Waals surface area contributed by atoms with E-state index in [9.17, 15) is 0 Å². The largest absolute Gasteiger partial charge is 0.497 e. The fourth-order valence-corrected chi connectivity index (χ4v) is 3.67. The standard InChI is InChI=1S/C21H25N3O2/c1-25-17-8-6-16(7-9-17)14-24-15-22-21-19(23-10-4-3-5-11-23)12-18(26-2)13-20(21)24/h6-9,12-13,15H,3-5,10-11,14H2,1-2H3. The average molecular weight is 351 g/mol. The smallest absolute Gasteiger partial charge is 0.123 e. The Labute approximate surface area is 154 Å². The summed E-state index contributed by atoms with van der Waals surface area (Å²) in [6.07, 6.45) is 5.73. The third-order valence-electron chi connectivity index (χ3n) is 5.12. The van der Waals surface area contributed by atoms with Crippen LogP contribution in [0.1, 0.15) is 24.8 Å². The highest BCUT2D eigenvalue weighted by molar-refractivity contribution is 5.90. The molecule has 5 heteroatoms. The molecule has 5 nitrogen and oxygen atoms in total. The van der Waals surface area contributed by atoms with Gasteiger partial charge in [0.1, 0.15) is 17.0 Å². The third kappa shape index (κ3) is 3.21. The molecular weight excluding hydrogens is 326 g/mol. The molecule has 0 N–H and O–H groups in total. The molecule has 0 spiro atoms. The quantitative estimate of drug-likeness (QED) is 0.694. The van der Waals surface area contributed by atoms with Crippen LogP contribution in [-0.2, 0) is 6.54 Å². The van der Waals surface area contributed by atoms with Crippen LogP contribution in [0.25, 0.3) is 11.0 Å². The van der Waals surface area contributed by atoms with Gasteiger partial charge in [0.25, 0.3) is 0 Å². The second-order valence-corrected chi connectivity index (χ2v) is 6.78. The SMILES string of the molecule is COc1ccc(Cn2cnc3c(N4CCCCC4)cc(OC)cc32)cc1. The lowest BCUT2D eigenvalue weighted by atomic mass is 10.1. The van der Waals surface area contributed by atoms with Crippen molar-refractivity contribution in [2.75, 3.05) is 32.2 Å². The Morgan fingerprint density at radius 3 is 2.35 bits per heavy atom. The number of aromatic nitrogens is 2. The van der Waals surface area contributed by atoms with Gasteiger partial charge in [-0.15, -0.1) is 0 Å². The zero-order valence-corrected chi connectivity index (χ0v) is 15.4. The molecule has 4 rings (SSSR count). The molecule has 0 bridgehead atoms. The first-order valence-electron chi connectivity index (χ1n) is 9.19. The van der Waals surface area contributed by atoms with Gasteiger partial charge in [0.2, 0.25) is 0 Å². The van der Waals surface area contributed by atoms with E-state index < -0.39 is 0 Å². The lowest BCUT2D eigenvalue weighted by molar-refractivity contribution is 0.414. The fraction of sp³-hybridized carbons (Fsp3) is 0.381. The third-order valence-corrected chi connectivity index (χ3v) is 5.12. The Hall–Kier alpha value is -2.69. The first-order valence-corrected chi connectivity index (χ1v) is 9.19. The van der Waals surface area contributed by atoms with Crippen LogP contribution in [0.3, 0.4) is 0 Å². The summed E-state index contributed by atoms with van der Waals surface area (Å²) in [4.78, 5) is 7.18. The van der Waals surface area contributed by atoms with Crippen molar-refractivity contribution in [1.29, 1.82) is 0 Å². The molecule has 1 saturated heterocycles. The predicted molar refractivity (Wildman–Crippen MR) is 104 cm³/mol. The number of hydrogen-bond acceptors (Lipinski definition) is 4. The van der Waals surface area contributed by atoms with Crippen LogP contribution in [-0.4, -0.2) is 36.9 Å². The minimum Gasteiger partial charge on any atom is -0.497 e. The lowest BCUT2D eigenvalue weighted by Gasteiger charge is -2.29. The number of nitrogens with zero attached hydrogens (tertiary/aromatic N) is 3. The van der Waals surface area contributed by atoms with Gasteiger partial charge in [-0.3, -0.25) is 0 Å². The van der Waals surface area contributed by atoms with E-state index in [1.807, 2.05) is 18.5 Å². The van der Waals surface area contributed by atoms with Gasteiger partial charge in [-0.1, -0.05) is 12.1 Å². The number of ether oxygens (including phenoxy) is 2. The molecule has 3 aromatic rings. The molecule has 0 unspecified atom stereocenters. The summed E-state index contributed by atoms with van der Waals surface area (Å²) in [5, 5.41) is 0. The van der Waals surface area contributed by atoms with Crippen molar-refractivity contribution in [2.24, 2.45) is 0 Å². The van der Waals surface area contributed by atoms with Crippen LogP contribution in [0.5, 0.6) is 11.5 Å². The van der Waals surface area contributed by atoms with Gasteiger partial charge in [0.15, 0.2) is 0 Å². The van der Waals surface area contributed by atoms with Gasteiger partial charge >= 0.3 is 0 Å². The van der Waals surface area contributed by atoms with E-state index in [4.69, 9.17) is 14.5 Å². The molecule has 2 aromatic carbocycles. The molecule has 1 fully saturated rings. The first kappa shape index (κ1) is 16.8. The number of methoxy groups -OCH3 is 2. The minimum atomic E-state index is 0.771. The van der Waals surface area contributed by atoms with Gasteiger partial charge in [0, 0.05) is 31.8 Å². The Kier molecular flexibility index (Phi) is 4.69. The van der Waals surface area contributed by atoms with E-state index in [1.165, 1.54) is 30.5 Å². The van der Waals surface area contributed by atoms with Crippen molar-refractivity contribution < 1.29 is 9.47 Å². The summed E-state index contributed by atoms with van der Waals surface area (Å²) in [7, 11) is 3.41. The normalized spacial score (nSPS) is 14.6. The fourth-order valence-electron chi connectivity index (χ4n) is 3.67. The summed E-state index contributed by atoms with van der Waals surface area (Å²) in [5.41, 5.74) is 4.57. The summed E-state index contributed by atoms with van der Waals surface area (Å²) >= 11 is 0. The highest BCUT2D eigenvalue weighted by Crippen LogP contribution is 2.33. The number of imidazole rings is 1. The molecule has 1 aliphatic rings. The molecule has 1 aromatic heterocycles. The maximum absolute atomic E-state index is 5.57. The number of piperidine rings is 1. The Balaban J connectivity index is 1.71. The number of hydrogen-bond donors (Lipinski definition) is 0. The van der Waals surface area contributed by atoms with E-state index >= 15 is 0 Å². The monoisotopic (exact) mass is 351 g/mol. The summed E-state index contributed by atoms with van der Waals surface area (Å²) < 4.78 is 13.0. The molecule has 0 aliphatic carbocycles. The second kappa shape index (κ2) is 7.28. The van der Waals surface area contributed by atoms with Crippen molar-refractivity contribution in [3.8, 4) is 11.5 Å². The van der Waals surface area contributed by atoms with Gasteiger partial charge in [0.05, 0.1) is 31.8 Å². The number of anilines is 1. The zero-order chi connectivity index (χ0) is 17.9. The molecule has 0 amide bonds. The van der Waals surface area contributed by atoms with E-state index in [2.05, 4.69) is 33.7 Å². The van der Waals surface area contributed by atoms with Crippen molar-refractivity contribution >= 4 is 16.7 Å². The van der Waals surface area contributed by atoms with Crippen molar-refractivity contribution in [1.82, 2.24) is 9.55 Å². The maximum atomic E-state index is 5.57. The van der Waals surface area contributed by atoms with Crippen molar-refractivity contribution in [3.63, 3.8) is 0 Å². The summed E-state index contributed by atoms with van der Waals surface area (Å²) in [6.45, 7) is 2.95. The van der Waals surface area contributed by atoms with Gasteiger partial charge in [-0.2, -0.15) is 0 Å². The molecule has 1 aliphatic heterocycles. The van der Waals surface area contributed by atoms with Gasteiger partial charge < -0.3 is 18.9 Å². The van der Waals surface area contributed by atoms with Gasteiger partial charge in [-0.05, 0) is 37.0 Å². The molecule has 0 radical (unpaired) electrons. The molecule has 0 atom stereocenters. The number of benzene rings is 2. The zero-order valence-electron chi connectivity index (χ0n) is 15.4. The van der Waals surface area contributed by atoms with E-state index in [0.717, 1.165) is 42.2 Å². The molecule has 2 heterocycles. The maximum Gasteiger partial charge on any atom is 0.123 e. The average Bonchev–Trinajstić information content (AvgIpc) is 3.11. The summed E-state index contributed by atoms with van der Waals surface area (Å²) in [5.74, 6) is 1.76. The van der Waals surface area contributed by atoms with Crippen molar-refractivity contribution in [3.05, 3.63) is 48.3 Å². The Bertz CT molecular complexity index is 880. The Morgan fingerprint density at radius 2 is 1.65 bits per heavy atom. The van der Waals surface area contributed by atoms with E-state index in [1.54, 1.807) is 14.2 Å². The van der Waals surface area contributed by atoms with Crippen LogP contribution < -0.4 is 14.4 Å². The van der Waals surface area contributed by atoms with E-state index in [0.29, 0.717) is 0 Å². The summed E-state index contributed by atoms with van der Waals surface area (Å²) in [6, 6.07) is 12.4. The molecule has 0 saturated carbocycles. The van der Waals surface area contributed by atoms with Crippen LogP contribution in [0.2, 0.25) is 0 Å². The van der Waals surface area contributed by atoms with Crippen LogP contribution in [0.15, 0.2) is 42.7 Å². The number of fused-ring (bicyclic) bond motifs is 1. The second-order valence-electron chi connectivity index (χ2n) is 6.78. The first-order chi connectivity index (χ1) is 12.8. The minimum absolute atomic E-state index is 0.771. The molecular formula is C21H25N3O2. The predicted octanol–water partition coefficient (Wildman–Crippen LogP) is 4.09. The van der Waals surface area contributed by atoms with E-state index in [-0.39, 0.29) is 0 Å². The molecule has 136 valence electrons. The molecule has 26 heavy (non-hydrogen) atoms. The highest BCUT2D eigenvalue weighted by atomic mass is 16.5. The lowest BCUT2D eigenvalue weighted by Crippen LogP contribution is -2.29. The van der Waals surface area contributed by atoms with Gasteiger partial charge in [-0.25, -0.2) is 4.98 Å². The van der Waals surface area contributed by atoms with Crippen molar-refractivity contribution in [2.45, 2.75) is 25.8 Å². The number of rotatable bonds is 5. The van der Waals surface area contributed by atoms with Crippen LogP contribution in [0, 0.1) is 0 Å². The Morgan fingerprint density at radius 1 is 0.923 bits per heavy atom. The van der Waals surface area contributed by atoms with Crippen LogP contribution in [0.4, 0.5) is 5.69 Å².